The molecule has 0 saturated carbocycles. The molecule has 1 fully saturated rings. The van der Waals surface area contributed by atoms with Crippen LogP contribution in [0.4, 0.5) is 5.82 Å². The first kappa shape index (κ1) is 15.3. The molecule has 1 aliphatic rings. The van der Waals surface area contributed by atoms with E-state index in [4.69, 9.17) is 5.73 Å². The molecule has 1 aliphatic heterocycles. The molecule has 1 saturated heterocycles. The third kappa shape index (κ3) is 2.97. The van der Waals surface area contributed by atoms with Crippen molar-refractivity contribution in [2.24, 2.45) is 7.05 Å². The molecule has 1 unspecified atom stereocenters. The van der Waals surface area contributed by atoms with Gasteiger partial charge >= 0.3 is 0 Å². The van der Waals surface area contributed by atoms with Gasteiger partial charge in [-0.1, -0.05) is 6.42 Å². The number of piperidine rings is 1. The van der Waals surface area contributed by atoms with Gasteiger partial charge in [0.25, 0.3) is 0 Å². The van der Waals surface area contributed by atoms with Gasteiger partial charge in [0.05, 0.1) is 5.69 Å². The minimum atomic E-state index is -3.61. The minimum absolute atomic E-state index is 0.0505. The van der Waals surface area contributed by atoms with E-state index in [0.717, 1.165) is 19.4 Å². The standard InChI is InChI=1S/C12H23N5O2S/c1-9-11(12(13)15-17(9)3)20(18,19)14-8-10-6-4-5-7-16(10)2/h10,14H,4-8H2,1-3H3,(H2,13,15). The van der Waals surface area contributed by atoms with Gasteiger partial charge in [0.2, 0.25) is 10.0 Å². The molecule has 0 spiro atoms. The molecule has 1 aromatic heterocycles. The predicted molar refractivity (Wildman–Crippen MR) is 77.8 cm³/mol. The average molecular weight is 301 g/mol. The summed E-state index contributed by atoms with van der Waals surface area (Å²) >= 11 is 0. The molecule has 0 radical (unpaired) electrons. The first-order valence-corrected chi connectivity index (χ1v) is 8.30. The molecule has 0 amide bonds. The van der Waals surface area contributed by atoms with Crippen LogP contribution in [-0.2, 0) is 17.1 Å². The van der Waals surface area contributed by atoms with Gasteiger partial charge in [-0.25, -0.2) is 13.1 Å². The molecule has 2 rings (SSSR count). The maximum absolute atomic E-state index is 12.4. The van der Waals surface area contributed by atoms with Gasteiger partial charge in [-0.15, -0.1) is 0 Å². The lowest BCUT2D eigenvalue weighted by molar-refractivity contribution is 0.187. The third-order valence-corrected chi connectivity index (χ3v) is 5.59. The summed E-state index contributed by atoms with van der Waals surface area (Å²) in [5.74, 6) is 0.0505. The van der Waals surface area contributed by atoms with Crippen molar-refractivity contribution in [3.05, 3.63) is 5.69 Å². The fraction of sp³-hybridized carbons (Fsp3) is 0.750. The Balaban J connectivity index is 2.11. The molecule has 8 heteroatoms. The number of aromatic nitrogens is 2. The van der Waals surface area contributed by atoms with Crippen LogP contribution < -0.4 is 10.5 Å². The smallest absolute Gasteiger partial charge is 0.246 e. The highest BCUT2D eigenvalue weighted by atomic mass is 32.2. The Hall–Kier alpha value is -1.12. The number of aryl methyl sites for hydroxylation is 1. The van der Waals surface area contributed by atoms with Crippen LogP contribution in [-0.4, -0.2) is 49.3 Å². The number of sulfonamides is 1. The largest absolute Gasteiger partial charge is 0.381 e. The highest BCUT2D eigenvalue weighted by molar-refractivity contribution is 7.89. The summed E-state index contributed by atoms with van der Waals surface area (Å²) in [6, 6.07) is 0.247. The first-order chi connectivity index (χ1) is 9.33. The molecule has 0 aromatic carbocycles. The maximum Gasteiger partial charge on any atom is 0.246 e. The zero-order valence-electron chi connectivity index (χ0n) is 12.3. The van der Waals surface area contributed by atoms with E-state index in [1.165, 1.54) is 11.1 Å². The second-order valence-corrected chi connectivity index (χ2v) is 7.11. The van der Waals surface area contributed by atoms with Crippen molar-refractivity contribution in [1.29, 1.82) is 0 Å². The number of nitrogens with zero attached hydrogens (tertiary/aromatic N) is 3. The molecule has 1 aromatic rings. The van der Waals surface area contributed by atoms with Gasteiger partial charge in [0.15, 0.2) is 5.82 Å². The van der Waals surface area contributed by atoms with Gasteiger partial charge in [-0.3, -0.25) is 4.68 Å². The first-order valence-electron chi connectivity index (χ1n) is 6.82. The van der Waals surface area contributed by atoms with Crippen molar-refractivity contribution in [2.45, 2.75) is 37.1 Å². The fourth-order valence-electron chi connectivity index (χ4n) is 2.63. The molecule has 0 aliphatic carbocycles. The van der Waals surface area contributed by atoms with Gasteiger partial charge in [0.1, 0.15) is 4.90 Å². The Morgan fingerprint density at radius 3 is 2.65 bits per heavy atom. The van der Waals surface area contributed by atoms with Crippen LogP contribution in [0.2, 0.25) is 0 Å². The number of likely N-dealkylation sites (tertiary alicyclic amines) is 1. The van der Waals surface area contributed by atoms with Crippen molar-refractivity contribution in [3.63, 3.8) is 0 Å². The second-order valence-electron chi connectivity index (χ2n) is 5.41. The number of rotatable bonds is 4. The summed E-state index contributed by atoms with van der Waals surface area (Å²) in [7, 11) is 0.101. The van der Waals surface area contributed by atoms with E-state index in [9.17, 15) is 8.42 Å². The minimum Gasteiger partial charge on any atom is -0.381 e. The number of likely N-dealkylation sites (N-methyl/N-ethyl adjacent to an activating group) is 1. The molecular weight excluding hydrogens is 278 g/mol. The summed E-state index contributed by atoms with van der Waals surface area (Å²) in [5, 5.41) is 3.95. The van der Waals surface area contributed by atoms with Gasteiger partial charge in [-0.2, -0.15) is 5.10 Å². The molecule has 20 heavy (non-hydrogen) atoms. The summed E-state index contributed by atoms with van der Waals surface area (Å²) in [6.07, 6.45) is 3.33. The van der Waals surface area contributed by atoms with Crippen molar-refractivity contribution < 1.29 is 8.42 Å². The monoisotopic (exact) mass is 301 g/mol. The zero-order chi connectivity index (χ0) is 14.9. The van der Waals surface area contributed by atoms with Crippen molar-refractivity contribution in [3.8, 4) is 0 Å². The number of hydrogen-bond donors (Lipinski definition) is 2. The van der Waals surface area contributed by atoms with Crippen LogP contribution in [0.25, 0.3) is 0 Å². The predicted octanol–water partition coefficient (Wildman–Crippen LogP) is 0.0733. The van der Waals surface area contributed by atoms with Crippen LogP contribution in [0.15, 0.2) is 4.90 Å². The quantitative estimate of drug-likeness (QED) is 0.821. The number of nitrogen functional groups attached to an aromatic ring is 1. The summed E-state index contributed by atoms with van der Waals surface area (Å²) in [6.45, 7) is 3.12. The molecule has 3 N–H and O–H groups in total. The van der Waals surface area contributed by atoms with Crippen molar-refractivity contribution >= 4 is 15.8 Å². The SMILES string of the molecule is Cc1c(S(=O)(=O)NCC2CCCCN2C)c(N)nn1C. The fourth-order valence-corrected chi connectivity index (χ4v) is 4.02. The number of nitrogens with two attached hydrogens (primary N) is 1. The normalized spacial score (nSPS) is 21.2. The molecule has 1 atom stereocenters. The Morgan fingerprint density at radius 1 is 1.40 bits per heavy atom. The van der Waals surface area contributed by atoms with Gasteiger partial charge in [-0.05, 0) is 33.4 Å². The molecule has 2 heterocycles. The van der Waals surface area contributed by atoms with Crippen molar-refractivity contribution in [1.82, 2.24) is 19.4 Å². The zero-order valence-corrected chi connectivity index (χ0v) is 13.1. The Morgan fingerprint density at radius 2 is 2.10 bits per heavy atom. The topological polar surface area (TPSA) is 93.2 Å². The van der Waals surface area contributed by atoms with Crippen LogP contribution in [0.5, 0.6) is 0 Å². The van der Waals surface area contributed by atoms with Crippen LogP contribution >= 0.6 is 0 Å². The second kappa shape index (κ2) is 5.71. The highest BCUT2D eigenvalue weighted by Gasteiger charge is 2.27. The Labute approximate surface area is 120 Å². The molecule has 0 bridgehead atoms. The van der Waals surface area contributed by atoms with Crippen molar-refractivity contribution in [2.75, 3.05) is 25.9 Å². The lowest BCUT2D eigenvalue weighted by Crippen LogP contribution is -2.44. The van der Waals surface area contributed by atoms with Crippen LogP contribution in [0.3, 0.4) is 0 Å². The lowest BCUT2D eigenvalue weighted by atomic mass is 10.0. The lowest BCUT2D eigenvalue weighted by Gasteiger charge is -2.32. The van der Waals surface area contributed by atoms with E-state index in [1.54, 1.807) is 14.0 Å². The van der Waals surface area contributed by atoms with Gasteiger partial charge < -0.3 is 10.6 Å². The number of nitrogens with one attached hydrogen (secondary N) is 1. The highest BCUT2D eigenvalue weighted by Crippen LogP contribution is 2.21. The Kier molecular flexibility index (Phi) is 4.36. The third-order valence-electron chi connectivity index (χ3n) is 4.00. The summed E-state index contributed by atoms with van der Waals surface area (Å²) in [5.41, 5.74) is 6.25. The van der Waals surface area contributed by atoms with E-state index in [0.29, 0.717) is 12.2 Å². The van der Waals surface area contributed by atoms with E-state index >= 15 is 0 Å². The molecular formula is C12H23N5O2S. The van der Waals surface area contributed by atoms with E-state index in [-0.39, 0.29) is 16.8 Å². The van der Waals surface area contributed by atoms with Crippen LogP contribution in [0, 0.1) is 6.92 Å². The van der Waals surface area contributed by atoms with E-state index in [1.807, 2.05) is 7.05 Å². The average Bonchev–Trinajstić information content (AvgIpc) is 2.62. The summed E-state index contributed by atoms with van der Waals surface area (Å²) in [4.78, 5) is 2.30. The number of hydrogen-bond acceptors (Lipinski definition) is 5. The maximum atomic E-state index is 12.4. The van der Waals surface area contributed by atoms with E-state index < -0.39 is 10.0 Å². The number of anilines is 1. The van der Waals surface area contributed by atoms with E-state index in [2.05, 4.69) is 14.7 Å². The molecule has 114 valence electrons. The Bertz CT molecular complexity index is 581. The summed E-state index contributed by atoms with van der Waals surface area (Å²) < 4.78 is 28.9. The molecule has 7 nitrogen and oxygen atoms in total. The van der Waals surface area contributed by atoms with Gasteiger partial charge in [0, 0.05) is 19.6 Å². The van der Waals surface area contributed by atoms with Crippen LogP contribution in [0.1, 0.15) is 25.0 Å².